The predicted molar refractivity (Wildman–Crippen MR) is 106 cm³/mol. The first-order valence-electron chi connectivity index (χ1n) is 9.76. The average molecular weight is 380 g/mol. The van der Waals surface area contributed by atoms with E-state index in [4.69, 9.17) is 4.98 Å². The summed E-state index contributed by atoms with van der Waals surface area (Å²) in [7, 11) is 0. The van der Waals surface area contributed by atoms with Gasteiger partial charge in [-0.1, -0.05) is 34.6 Å². The molecule has 1 aliphatic rings. The SMILES string of the molecule is CCC(C)(C)C(=O)N1CCC[C@@H](c2nc(CCNC(=O)C(C)C)cs2)C1. The zero-order valence-corrected chi connectivity index (χ0v) is 17.6. The molecule has 0 bridgehead atoms. The minimum absolute atomic E-state index is 0.0131. The van der Waals surface area contributed by atoms with E-state index in [1.165, 1.54) is 0 Å². The quantitative estimate of drug-likeness (QED) is 0.787. The molecule has 0 radical (unpaired) electrons. The Morgan fingerprint density at radius 3 is 2.81 bits per heavy atom. The molecule has 0 saturated carbocycles. The van der Waals surface area contributed by atoms with Crippen LogP contribution in [0.15, 0.2) is 5.38 Å². The van der Waals surface area contributed by atoms with Crippen molar-refractivity contribution < 1.29 is 9.59 Å². The summed E-state index contributed by atoms with van der Waals surface area (Å²) in [5, 5.41) is 6.15. The third kappa shape index (κ3) is 5.29. The highest BCUT2D eigenvalue weighted by molar-refractivity contribution is 7.09. The lowest BCUT2D eigenvalue weighted by Gasteiger charge is -2.36. The first-order chi connectivity index (χ1) is 12.2. The van der Waals surface area contributed by atoms with E-state index in [1.54, 1.807) is 11.3 Å². The summed E-state index contributed by atoms with van der Waals surface area (Å²) >= 11 is 1.69. The average Bonchev–Trinajstić information content (AvgIpc) is 3.10. The molecule has 1 fully saturated rings. The fraction of sp³-hybridized carbons (Fsp3) is 0.750. The van der Waals surface area contributed by atoms with Crippen LogP contribution in [0.1, 0.15) is 70.5 Å². The summed E-state index contributed by atoms with van der Waals surface area (Å²) < 4.78 is 0. The van der Waals surface area contributed by atoms with Crippen molar-refractivity contribution in [2.75, 3.05) is 19.6 Å². The van der Waals surface area contributed by atoms with Gasteiger partial charge in [-0.05, 0) is 19.3 Å². The van der Waals surface area contributed by atoms with Crippen molar-refractivity contribution in [3.63, 3.8) is 0 Å². The van der Waals surface area contributed by atoms with Crippen LogP contribution in [0.3, 0.4) is 0 Å². The second-order valence-electron chi connectivity index (χ2n) is 8.20. The number of hydrogen-bond acceptors (Lipinski definition) is 4. The van der Waals surface area contributed by atoms with Crippen molar-refractivity contribution >= 4 is 23.2 Å². The van der Waals surface area contributed by atoms with E-state index >= 15 is 0 Å². The van der Waals surface area contributed by atoms with Crippen molar-refractivity contribution in [1.29, 1.82) is 0 Å². The maximum atomic E-state index is 12.8. The Morgan fingerprint density at radius 1 is 1.42 bits per heavy atom. The van der Waals surface area contributed by atoms with Gasteiger partial charge >= 0.3 is 0 Å². The van der Waals surface area contributed by atoms with E-state index in [2.05, 4.69) is 17.6 Å². The summed E-state index contributed by atoms with van der Waals surface area (Å²) in [6.07, 6.45) is 3.74. The lowest BCUT2D eigenvalue weighted by atomic mass is 9.87. The largest absolute Gasteiger partial charge is 0.355 e. The summed E-state index contributed by atoms with van der Waals surface area (Å²) in [4.78, 5) is 31.2. The van der Waals surface area contributed by atoms with Crippen LogP contribution in [-0.2, 0) is 16.0 Å². The van der Waals surface area contributed by atoms with Gasteiger partial charge in [-0.15, -0.1) is 11.3 Å². The number of thiazole rings is 1. The number of carbonyl (C=O) groups is 2. The summed E-state index contributed by atoms with van der Waals surface area (Å²) in [6.45, 7) is 12.2. The Kier molecular flexibility index (Phi) is 7.21. The zero-order chi connectivity index (χ0) is 19.3. The van der Waals surface area contributed by atoms with Crippen molar-refractivity contribution in [3.05, 3.63) is 16.1 Å². The highest BCUT2D eigenvalue weighted by atomic mass is 32.1. The number of nitrogens with one attached hydrogen (secondary N) is 1. The van der Waals surface area contributed by atoms with Gasteiger partial charge in [-0.3, -0.25) is 9.59 Å². The van der Waals surface area contributed by atoms with Gasteiger partial charge in [-0.2, -0.15) is 0 Å². The van der Waals surface area contributed by atoms with Gasteiger partial charge < -0.3 is 10.2 Å². The molecule has 26 heavy (non-hydrogen) atoms. The first kappa shape index (κ1) is 20.9. The molecule has 1 saturated heterocycles. The number of rotatable bonds is 7. The standard InChI is InChI=1S/C20H33N3O2S/c1-6-20(4,5)19(25)23-11-7-8-15(12-23)18-22-16(13-26-18)9-10-21-17(24)14(2)3/h13-15H,6-12H2,1-5H3,(H,21,24)/t15-/m1/s1. The van der Waals surface area contributed by atoms with Crippen LogP contribution in [0.2, 0.25) is 0 Å². The number of amides is 2. The summed E-state index contributed by atoms with van der Waals surface area (Å²) in [5.74, 6) is 0.696. The normalized spacial score (nSPS) is 18.2. The van der Waals surface area contributed by atoms with E-state index in [9.17, 15) is 9.59 Å². The first-order valence-corrected chi connectivity index (χ1v) is 10.6. The van der Waals surface area contributed by atoms with Crippen LogP contribution >= 0.6 is 11.3 Å². The molecule has 6 heteroatoms. The molecular weight excluding hydrogens is 346 g/mol. The molecule has 0 aliphatic carbocycles. The molecule has 1 aromatic rings. The lowest BCUT2D eigenvalue weighted by Crippen LogP contribution is -2.45. The Balaban J connectivity index is 1.92. The molecule has 1 aliphatic heterocycles. The lowest BCUT2D eigenvalue weighted by molar-refractivity contribution is -0.141. The Labute approximate surface area is 161 Å². The third-order valence-electron chi connectivity index (χ3n) is 5.29. The van der Waals surface area contributed by atoms with Crippen LogP contribution in [0, 0.1) is 11.3 Å². The van der Waals surface area contributed by atoms with Gasteiger partial charge in [0, 0.05) is 48.7 Å². The Hall–Kier alpha value is -1.43. The highest BCUT2D eigenvalue weighted by Gasteiger charge is 2.34. The number of piperidine rings is 1. The molecule has 2 amide bonds. The predicted octanol–water partition coefficient (Wildman–Crippen LogP) is 3.60. The van der Waals surface area contributed by atoms with E-state index in [-0.39, 0.29) is 23.1 Å². The maximum Gasteiger partial charge on any atom is 0.228 e. The van der Waals surface area contributed by atoms with E-state index in [0.29, 0.717) is 12.5 Å². The smallest absolute Gasteiger partial charge is 0.228 e. The third-order valence-corrected chi connectivity index (χ3v) is 6.35. The van der Waals surface area contributed by atoms with Crippen LogP contribution in [-0.4, -0.2) is 41.3 Å². The molecule has 1 aromatic heterocycles. The molecule has 0 spiro atoms. The molecule has 146 valence electrons. The molecule has 1 atom stereocenters. The minimum atomic E-state index is -0.287. The second kappa shape index (κ2) is 8.98. The molecule has 2 rings (SSSR count). The van der Waals surface area contributed by atoms with Gasteiger partial charge in [0.1, 0.15) is 0 Å². The van der Waals surface area contributed by atoms with Crippen molar-refractivity contribution in [1.82, 2.24) is 15.2 Å². The second-order valence-corrected chi connectivity index (χ2v) is 9.09. The van der Waals surface area contributed by atoms with Crippen LogP contribution in [0.5, 0.6) is 0 Å². The number of aromatic nitrogens is 1. The van der Waals surface area contributed by atoms with Gasteiger partial charge in [0.15, 0.2) is 0 Å². The van der Waals surface area contributed by atoms with E-state index in [0.717, 1.165) is 49.5 Å². The Morgan fingerprint density at radius 2 is 2.15 bits per heavy atom. The number of likely N-dealkylation sites (tertiary alicyclic amines) is 1. The van der Waals surface area contributed by atoms with Crippen LogP contribution < -0.4 is 5.32 Å². The summed E-state index contributed by atoms with van der Waals surface area (Å²) in [6, 6.07) is 0. The number of hydrogen-bond donors (Lipinski definition) is 1. The van der Waals surface area contributed by atoms with E-state index in [1.807, 2.05) is 32.6 Å². The van der Waals surface area contributed by atoms with Gasteiger partial charge in [0.2, 0.25) is 11.8 Å². The molecule has 2 heterocycles. The number of nitrogens with zero attached hydrogens (tertiary/aromatic N) is 2. The zero-order valence-electron chi connectivity index (χ0n) is 16.8. The molecule has 1 N–H and O–H groups in total. The van der Waals surface area contributed by atoms with Crippen molar-refractivity contribution in [2.45, 2.75) is 66.2 Å². The van der Waals surface area contributed by atoms with Crippen LogP contribution in [0.4, 0.5) is 0 Å². The highest BCUT2D eigenvalue weighted by Crippen LogP contribution is 2.32. The monoisotopic (exact) mass is 379 g/mol. The van der Waals surface area contributed by atoms with Gasteiger partial charge in [-0.25, -0.2) is 4.98 Å². The van der Waals surface area contributed by atoms with Crippen molar-refractivity contribution in [2.24, 2.45) is 11.3 Å². The van der Waals surface area contributed by atoms with Crippen molar-refractivity contribution in [3.8, 4) is 0 Å². The van der Waals surface area contributed by atoms with Crippen LogP contribution in [0.25, 0.3) is 0 Å². The Bertz CT molecular complexity index is 624. The minimum Gasteiger partial charge on any atom is -0.355 e. The maximum absolute atomic E-state index is 12.8. The van der Waals surface area contributed by atoms with Gasteiger partial charge in [0.25, 0.3) is 0 Å². The number of carbonyl (C=O) groups excluding carboxylic acids is 2. The summed E-state index contributed by atoms with van der Waals surface area (Å²) in [5.41, 5.74) is 0.747. The fourth-order valence-corrected chi connectivity index (χ4v) is 4.07. The molecular formula is C20H33N3O2S. The van der Waals surface area contributed by atoms with E-state index < -0.39 is 0 Å². The molecule has 5 nitrogen and oxygen atoms in total. The topological polar surface area (TPSA) is 62.3 Å². The molecule has 0 aromatic carbocycles. The fourth-order valence-electron chi connectivity index (χ4n) is 3.09. The molecule has 0 unspecified atom stereocenters. The van der Waals surface area contributed by atoms with Gasteiger partial charge in [0.05, 0.1) is 10.7 Å².